The zero-order chi connectivity index (χ0) is 8.81. The van der Waals surface area contributed by atoms with E-state index in [4.69, 9.17) is 27.0 Å². The first-order chi connectivity index (χ1) is 5.86. The van der Waals surface area contributed by atoms with Gasteiger partial charge in [0.05, 0.1) is 0 Å². The molecule has 4 heteroatoms. The van der Waals surface area contributed by atoms with Crippen molar-refractivity contribution in [3.63, 3.8) is 0 Å². The summed E-state index contributed by atoms with van der Waals surface area (Å²) in [4.78, 5) is 0. The molecule has 1 aliphatic heterocycles. The summed E-state index contributed by atoms with van der Waals surface area (Å²) in [7, 11) is 0. The summed E-state index contributed by atoms with van der Waals surface area (Å²) in [5.41, 5.74) is 0. The van der Waals surface area contributed by atoms with Gasteiger partial charge in [-0.3, -0.25) is 0 Å². The lowest BCUT2D eigenvalue weighted by molar-refractivity contribution is 0.167. The van der Waals surface area contributed by atoms with E-state index < -0.39 is 14.5 Å². The third kappa shape index (κ3) is 3.85. The molecule has 1 atom stereocenters. The van der Waals surface area contributed by atoms with Gasteiger partial charge in [-0.25, -0.2) is 0 Å². The quantitative estimate of drug-likeness (QED) is 0.527. The predicted molar refractivity (Wildman–Crippen MR) is 55.5 cm³/mol. The number of halogens is 2. The van der Waals surface area contributed by atoms with Crippen molar-refractivity contribution in [2.45, 2.75) is 35.9 Å². The fraction of sp³-hybridized carbons (Fsp3) is 1.00. The molecule has 1 nitrogen and oxygen atoms in total. The number of alkyl halides is 2. The summed E-state index contributed by atoms with van der Waals surface area (Å²) in [6.45, 7) is 0. The van der Waals surface area contributed by atoms with Crippen LogP contribution in [0.4, 0.5) is 0 Å². The highest BCUT2D eigenvalue weighted by molar-refractivity contribution is 6.53. The second-order valence-corrected chi connectivity index (χ2v) is 6.69. The van der Waals surface area contributed by atoms with E-state index in [0.717, 1.165) is 23.5 Å². The molecule has 0 bridgehead atoms. The monoisotopic (exact) mass is 224 g/mol. The van der Waals surface area contributed by atoms with Crippen molar-refractivity contribution in [2.75, 3.05) is 11.8 Å². The minimum absolute atomic E-state index is 0.455. The summed E-state index contributed by atoms with van der Waals surface area (Å²) in [6, 6.07) is 0. The third-order valence-corrected chi connectivity index (χ3v) is 5.86. The maximum atomic E-state index is 5.94. The summed E-state index contributed by atoms with van der Waals surface area (Å²) in [5.74, 6) is 1.50. The van der Waals surface area contributed by atoms with Gasteiger partial charge in [-0.05, 0) is 12.8 Å². The molecule has 0 N–H and O–H groups in total. The van der Waals surface area contributed by atoms with Gasteiger partial charge in [-0.2, -0.15) is 0 Å². The maximum Gasteiger partial charge on any atom is 0.462 e. The molecule has 0 saturated carbocycles. The largest absolute Gasteiger partial charge is 0.498 e. The van der Waals surface area contributed by atoms with Crippen LogP contribution < -0.4 is 0 Å². The van der Waals surface area contributed by atoms with Crippen LogP contribution in [0.5, 0.6) is 0 Å². The van der Waals surface area contributed by atoms with Gasteiger partial charge in [-0.1, -0.05) is 17.0 Å². The third-order valence-electron chi connectivity index (χ3n) is 2.30. The summed E-state index contributed by atoms with van der Waals surface area (Å²) < 4.78 is 5.94. The average Bonchev–Trinajstić information content (AvgIpc) is 2.06. The van der Waals surface area contributed by atoms with E-state index in [1.165, 1.54) is 18.1 Å². The molecule has 1 unspecified atom stereocenters. The van der Waals surface area contributed by atoms with Gasteiger partial charge in [0, 0.05) is 17.9 Å². The predicted octanol–water partition coefficient (Wildman–Crippen LogP) is 3.02. The molecule has 0 aromatic heterocycles. The zero-order valence-corrected chi connectivity index (χ0v) is 9.94. The summed E-state index contributed by atoms with van der Waals surface area (Å²) in [6.07, 6.45) is 4.01. The molecule has 0 spiro atoms. The first-order valence-corrected chi connectivity index (χ1v) is 7.81. The Bertz CT molecular complexity index is 108. The molecule has 0 radical (unpaired) electrons. The van der Waals surface area contributed by atoms with Crippen molar-refractivity contribution in [3.05, 3.63) is 0 Å². The normalized spacial score (nSPS) is 24.5. The fourth-order valence-electron chi connectivity index (χ4n) is 1.65. The van der Waals surface area contributed by atoms with E-state index >= 15 is 0 Å². The Morgan fingerprint density at radius 3 is 2.83 bits per heavy atom. The Balaban J connectivity index is 2.20. The minimum atomic E-state index is -0.906. The smallest absolute Gasteiger partial charge is 0.462 e. The van der Waals surface area contributed by atoms with Crippen molar-refractivity contribution in [2.24, 2.45) is 0 Å². The van der Waals surface area contributed by atoms with Crippen LogP contribution in [-0.2, 0) is 3.79 Å². The number of hydrogen-bond acceptors (Lipinski definition) is 1. The molecule has 12 heavy (non-hydrogen) atoms. The van der Waals surface area contributed by atoms with E-state index in [1.807, 2.05) is 0 Å². The average molecular weight is 225 g/mol. The lowest BCUT2D eigenvalue weighted by Gasteiger charge is -2.27. The highest BCUT2D eigenvalue weighted by Crippen LogP contribution is 2.22. The molecular formula is C8H15AlCl2O. The molecular weight excluding hydrogens is 210 g/mol. The van der Waals surface area contributed by atoms with Crippen LogP contribution in [-0.4, -0.2) is 32.3 Å². The Morgan fingerprint density at radius 1 is 1.33 bits per heavy atom. The fourth-order valence-corrected chi connectivity index (χ4v) is 4.93. The summed E-state index contributed by atoms with van der Waals surface area (Å²) >= 11 is 10.5. The Kier molecular flexibility index (Phi) is 6.05. The molecule has 0 amide bonds. The minimum Gasteiger partial charge on any atom is -0.498 e. The van der Waals surface area contributed by atoms with Gasteiger partial charge in [0.2, 0.25) is 0 Å². The molecule has 1 heterocycles. The van der Waals surface area contributed by atoms with Crippen molar-refractivity contribution < 1.29 is 3.79 Å². The number of rotatable bonds is 4. The van der Waals surface area contributed by atoms with E-state index in [0.29, 0.717) is 6.10 Å². The van der Waals surface area contributed by atoms with Gasteiger partial charge < -0.3 is 3.79 Å². The van der Waals surface area contributed by atoms with Gasteiger partial charge in [0.25, 0.3) is 0 Å². The van der Waals surface area contributed by atoms with Crippen molar-refractivity contribution in [3.8, 4) is 0 Å². The zero-order valence-electron chi connectivity index (χ0n) is 7.27. The standard InChI is InChI=1S/C6H11ClO.C2H4Cl.Al/c1-2-3-6(8)4-5-7;1-2-3;/h6H,1-5H2;1-2H2;/q-1;;+1. The molecule has 1 rings (SSSR count). The molecule has 0 aromatic rings. The topological polar surface area (TPSA) is 9.23 Å². The molecule has 1 saturated heterocycles. The van der Waals surface area contributed by atoms with Crippen LogP contribution in [0.3, 0.4) is 0 Å². The Morgan fingerprint density at radius 2 is 2.17 bits per heavy atom. The number of hydrogen-bond donors (Lipinski definition) is 0. The van der Waals surface area contributed by atoms with Crippen molar-refractivity contribution >= 4 is 37.7 Å². The van der Waals surface area contributed by atoms with Crippen LogP contribution in [0.15, 0.2) is 0 Å². The molecule has 1 fully saturated rings. The second-order valence-electron chi connectivity index (χ2n) is 3.27. The highest BCUT2D eigenvalue weighted by Gasteiger charge is 2.27. The van der Waals surface area contributed by atoms with Crippen molar-refractivity contribution in [1.82, 2.24) is 0 Å². The second kappa shape index (κ2) is 6.52. The maximum absolute atomic E-state index is 5.94. The molecule has 0 aromatic carbocycles. The van der Waals surface area contributed by atoms with Gasteiger partial charge in [-0.15, -0.1) is 23.2 Å². The van der Waals surface area contributed by atoms with E-state index in [1.54, 1.807) is 0 Å². The van der Waals surface area contributed by atoms with Gasteiger partial charge >= 0.3 is 14.5 Å². The highest BCUT2D eigenvalue weighted by atomic mass is 35.5. The van der Waals surface area contributed by atoms with Crippen LogP contribution in [0, 0.1) is 0 Å². The van der Waals surface area contributed by atoms with Crippen LogP contribution in [0.1, 0.15) is 19.3 Å². The SMILES string of the molecule is ClCCC1CC[CH2][Al]([CH2]CCl)[O]1. The first-order valence-electron chi connectivity index (χ1n) is 4.64. The Labute approximate surface area is 89.1 Å². The molecule has 0 aliphatic carbocycles. The molecule has 1 aliphatic rings. The van der Waals surface area contributed by atoms with Crippen molar-refractivity contribution in [1.29, 1.82) is 0 Å². The van der Waals surface area contributed by atoms with Crippen LogP contribution in [0.25, 0.3) is 0 Å². The van der Waals surface area contributed by atoms with E-state index in [2.05, 4.69) is 0 Å². The lowest BCUT2D eigenvalue weighted by atomic mass is 10.2. The van der Waals surface area contributed by atoms with Crippen LogP contribution in [0.2, 0.25) is 10.6 Å². The lowest BCUT2D eigenvalue weighted by Crippen LogP contribution is -2.31. The van der Waals surface area contributed by atoms with Crippen LogP contribution >= 0.6 is 23.2 Å². The van der Waals surface area contributed by atoms with Gasteiger partial charge in [0.15, 0.2) is 0 Å². The Hall–Kier alpha value is 1.07. The van der Waals surface area contributed by atoms with E-state index in [-0.39, 0.29) is 0 Å². The summed E-state index contributed by atoms with van der Waals surface area (Å²) in [5, 5.41) is 2.44. The van der Waals surface area contributed by atoms with Gasteiger partial charge in [0.1, 0.15) is 0 Å². The van der Waals surface area contributed by atoms with E-state index in [9.17, 15) is 0 Å². The first kappa shape index (κ1) is 11.1. The molecule has 70 valence electrons.